The number of carbonyl (C=O) groups is 3. The molecule has 0 aliphatic carbocycles. The average Bonchev–Trinajstić information content (AvgIpc) is 3.38. The number of hydrogen-bond donors (Lipinski definition) is 1. The van der Waals surface area contributed by atoms with Gasteiger partial charge in [-0.05, 0) is 78.7 Å². The highest BCUT2D eigenvalue weighted by atomic mass is 32.2. The lowest BCUT2D eigenvalue weighted by atomic mass is 9.97. The molecule has 0 unspecified atom stereocenters. The van der Waals surface area contributed by atoms with Crippen LogP contribution in [-0.2, 0) is 31.4 Å². The van der Waals surface area contributed by atoms with Gasteiger partial charge in [0.25, 0.3) is 5.91 Å². The third kappa shape index (κ3) is 10.6. The Kier molecular flexibility index (Phi) is 12.8. The van der Waals surface area contributed by atoms with E-state index in [1.165, 1.54) is 53.4 Å². The van der Waals surface area contributed by atoms with Crippen LogP contribution >= 0.6 is 24.0 Å². The molecular weight excluding hydrogens is 749 g/mol. The molecule has 2 aliphatic heterocycles. The van der Waals surface area contributed by atoms with Crippen LogP contribution in [0.4, 0.5) is 32.0 Å². The van der Waals surface area contributed by atoms with Crippen molar-refractivity contribution < 1.29 is 54.9 Å². The number of carbonyl (C=O) groups excluding carboxylic acids is 3. The van der Waals surface area contributed by atoms with E-state index in [4.69, 9.17) is 26.4 Å². The van der Waals surface area contributed by atoms with Crippen molar-refractivity contribution in [2.75, 3.05) is 57.9 Å². The van der Waals surface area contributed by atoms with Crippen molar-refractivity contribution in [3.8, 4) is 16.9 Å². The average molecular weight is 782 g/mol. The molecule has 0 bridgehead atoms. The van der Waals surface area contributed by atoms with Gasteiger partial charge in [0, 0.05) is 43.9 Å². The van der Waals surface area contributed by atoms with Gasteiger partial charge in [0.1, 0.15) is 16.7 Å². The van der Waals surface area contributed by atoms with E-state index < -0.39 is 41.3 Å². The van der Waals surface area contributed by atoms with Gasteiger partial charge in [0.05, 0.1) is 41.4 Å². The summed E-state index contributed by atoms with van der Waals surface area (Å²) in [5, 5.41) is 2.68. The zero-order valence-corrected chi connectivity index (χ0v) is 29.8. The maximum Gasteiger partial charge on any atom is 0.416 e. The molecule has 2 fully saturated rings. The van der Waals surface area contributed by atoms with Crippen LogP contribution in [0, 0.1) is 0 Å². The quantitative estimate of drug-likeness (QED) is 0.0868. The highest BCUT2D eigenvalue weighted by Gasteiger charge is 2.37. The van der Waals surface area contributed by atoms with Gasteiger partial charge in [-0.15, -0.1) is 0 Å². The predicted molar refractivity (Wildman–Crippen MR) is 190 cm³/mol. The Bertz CT molecular complexity index is 1850. The number of anilines is 1. The van der Waals surface area contributed by atoms with Gasteiger partial charge >= 0.3 is 18.3 Å². The fourth-order valence-electron chi connectivity index (χ4n) is 5.38. The van der Waals surface area contributed by atoms with Crippen LogP contribution < -0.4 is 10.1 Å². The summed E-state index contributed by atoms with van der Waals surface area (Å²) in [6.07, 6.45) is -8.81. The van der Waals surface area contributed by atoms with E-state index in [1.807, 2.05) is 0 Å². The minimum absolute atomic E-state index is 0.0239. The highest BCUT2D eigenvalue weighted by molar-refractivity contribution is 8.26. The summed E-state index contributed by atoms with van der Waals surface area (Å²) in [6, 6.07) is 11.5. The zero-order chi connectivity index (χ0) is 38.3. The lowest BCUT2D eigenvalue weighted by Gasteiger charge is -2.26. The van der Waals surface area contributed by atoms with Crippen LogP contribution in [-0.4, -0.2) is 84.5 Å². The minimum atomic E-state index is -5.04. The van der Waals surface area contributed by atoms with Crippen LogP contribution in [0.1, 0.15) is 40.4 Å². The van der Waals surface area contributed by atoms with E-state index in [9.17, 15) is 40.7 Å². The lowest BCUT2D eigenvalue weighted by Crippen LogP contribution is -2.38. The molecule has 282 valence electrons. The summed E-state index contributed by atoms with van der Waals surface area (Å²) in [4.78, 5) is 41.5. The maximum absolute atomic E-state index is 13.7. The molecule has 2 aliphatic rings. The molecule has 0 spiro atoms. The number of thioether (sulfide) groups is 1. The molecule has 2 heterocycles. The molecule has 0 atom stereocenters. The Morgan fingerprint density at radius 1 is 0.925 bits per heavy atom. The largest absolute Gasteiger partial charge is 0.492 e. The lowest BCUT2D eigenvalue weighted by molar-refractivity contribution is -0.143. The molecule has 17 heteroatoms. The Balaban J connectivity index is 1.36. The number of amides is 2. The second-order valence-corrected chi connectivity index (χ2v) is 13.5. The molecule has 3 aromatic carbocycles. The van der Waals surface area contributed by atoms with Crippen molar-refractivity contribution in [3.05, 3.63) is 87.8 Å². The summed E-state index contributed by atoms with van der Waals surface area (Å²) in [5.74, 6) is -1.24. The minimum Gasteiger partial charge on any atom is -0.492 e. The molecule has 3 aromatic rings. The number of nitrogens with one attached hydrogen (secondary N) is 1. The molecule has 9 nitrogen and oxygen atoms in total. The van der Waals surface area contributed by atoms with Crippen molar-refractivity contribution in [1.82, 2.24) is 9.80 Å². The summed E-state index contributed by atoms with van der Waals surface area (Å²) in [7, 11) is 0. The molecule has 0 saturated carbocycles. The van der Waals surface area contributed by atoms with E-state index in [1.54, 1.807) is 6.92 Å². The zero-order valence-electron chi connectivity index (χ0n) is 28.1. The molecule has 5 rings (SSSR count). The summed E-state index contributed by atoms with van der Waals surface area (Å²) < 4.78 is 98.4. The molecule has 2 saturated heterocycles. The third-order valence-electron chi connectivity index (χ3n) is 8.10. The number of hydrogen-bond acceptors (Lipinski definition) is 9. The van der Waals surface area contributed by atoms with E-state index in [-0.39, 0.29) is 63.9 Å². The van der Waals surface area contributed by atoms with Gasteiger partial charge < -0.3 is 19.5 Å². The van der Waals surface area contributed by atoms with Crippen LogP contribution in [0.3, 0.4) is 0 Å². The number of morpholine rings is 1. The highest BCUT2D eigenvalue weighted by Crippen LogP contribution is 2.40. The maximum atomic E-state index is 13.7. The summed E-state index contributed by atoms with van der Waals surface area (Å²) in [6.45, 7) is 5.03. The normalized spacial score (nSPS) is 16.3. The van der Waals surface area contributed by atoms with Crippen molar-refractivity contribution in [1.29, 1.82) is 0 Å². The number of rotatable bonds is 12. The standard InChI is InChI=1S/C36H33F6N3O6S2/c1-2-50-33(48)22-3-6-28(7-4-22)43-31(46)9-10-45-32(47)30(53-34(45)52)20-25-17-23(5-8-29(25)51-16-13-44-11-14-49-15-12-44)24-18-26(35(37,38)39)21-27(19-24)36(40,41)42/h3-8,17-21H,2,9-16H2,1H3,(H,43,46). The Morgan fingerprint density at radius 3 is 2.21 bits per heavy atom. The first-order valence-electron chi connectivity index (χ1n) is 16.3. The van der Waals surface area contributed by atoms with Gasteiger partial charge in [-0.1, -0.05) is 30.0 Å². The number of benzene rings is 3. The first-order chi connectivity index (χ1) is 25.1. The van der Waals surface area contributed by atoms with E-state index in [0.717, 1.165) is 11.8 Å². The van der Waals surface area contributed by atoms with Gasteiger partial charge in [-0.2, -0.15) is 26.3 Å². The second kappa shape index (κ2) is 17.1. The Labute approximate surface area is 310 Å². The van der Waals surface area contributed by atoms with Crippen molar-refractivity contribution in [2.45, 2.75) is 25.7 Å². The van der Waals surface area contributed by atoms with Gasteiger partial charge in [-0.25, -0.2) is 4.79 Å². The van der Waals surface area contributed by atoms with Crippen molar-refractivity contribution in [2.24, 2.45) is 0 Å². The van der Waals surface area contributed by atoms with Gasteiger partial charge in [-0.3, -0.25) is 19.4 Å². The Morgan fingerprint density at radius 2 is 1.58 bits per heavy atom. The van der Waals surface area contributed by atoms with Crippen LogP contribution in [0.25, 0.3) is 17.2 Å². The van der Waals surface area contributed by atoms with Crippen molar-refractivity contribution >= 4 is 57.8 Å². The molecule has 2 amide bonds. The molecule has 0 radical (unpaired) electrons. The second-order valence-electron chi connectivity index (χ2n) is 11.8. The predicted octanol–water partition coefficient (Wildman–Crippen LogP) is 7.51. The number of halogens is 6. The molecular formula is C36H33F6N3O6S2. The monoisotopic (exact) mass is 781 g/mol. The first kappa shape index (κ1) is 39.8. The number of nitrogens with zero attached hydrogens (tertiary/aromatic N) is 2. The topological polar surface area (TPSA) is 97.4 Å². The summed E-state index contributed by atoms with van der Waals surface area (Å²) >= 11 is 6.35. The van der Waals surface area contributed by atoms with E-state index in [2.05, 4.69) is 10.2 Å². The number of alkyl halides is 6. The first-order valence-corrected chi connectivity index (χ1v) is 17.5. The third-order valence-corrected chi connectivity index (χ3v) is 9.48. The van der Waals surface area contributed by atoms with E-state index in [0.29, 0.717) is 56.2 Å². The van der Waals surface area contributed by atoms with E-state index >= 15 is 0 Å². The Hall–Kier alpha value is -4.45. The van der Waals surface area contributed by atoms with Crippen molar-refractivity contribution in [3.63, 3.8) is 0 Å². The van der Waals surface area contributed by atoms with Crippen LogP contribution in [0.5, 0.6) is 5.75 Å². The number of ether oxygens (including phenoxy) is 3. The fraction of sp³-hybridized carbons (Fsp3) is 0.333. The van der Waals surface area contributed by atoms with Crippen LogP contribution in [0.2, 0.25) is 0 Å². The van der Waals surface area contributed by atoms with Crippen LogP contribution in [0.15, 0.2) is 65.6 Å². The number of thiocarbonyl (C=S) groups is 1. The van der Waals surface area contributed by atoms with Gasteiger partial charge in [0.2, 0.25) is 5.91 Å². The smallest absolute Gasteiger partial charge is 0.416 e. The fourth-order valence-corrected chi connectivity index (χ4v) is 6.68. The number of esters is 1. The van der Waals surface area contributed by atoms with Gasteiger partial charge in [0.15, 0.2) is 0 Å². The molecule has 53 heavy (non-hydrogen) atoms. The molecule has 1 N–H and O–H groups in total. The molecule has 0 aromatic heterocycles. The SMILES string of the molecule is CCOC(=O)c1ccc(NC(=O)CCN2C(=O)C(=Cc3cc(-c4cc(C(F)(F)F)cc(C(F)(F)F)c4)ccc3OCCN3CCOCC3)SC2=S)cc1. The summed E-state index contributed by atoms with van der Waals surface area (Å²) in [5.41, 5.74) is -2.29.